The van der Waals surface area contributed by atoms with Crippen LogP contribution in [0.15, 0.2) is 0 Å². The van der Waals surface area contributed by atoms with Gasteiger partial charge in [0.05, 0.1) is 0 Å². The first kappa shape index (κ1) is 9.30. The van der Waals surface area contributed by atoms with Crippen molar-refractivity contribution in [1.82, 2.24) is 5.32 Å². The summed E-state index contributed by atoms with van der Waals surface area (Å²) in [6, 6.07) is 0. The van der Waals surface area contributed by atoms with Gasteiger partial charge in [-0.15, -0.1) is 12.4 Å². The van der Waals surface area contributed by atoms with Crippen molar-refractivity contribution in [2.24, 2.45) is 17.8 Å². The lowest BCUT2D eigenvalue weighted by Crippen LogP contribution is -2.13. The van der Waals surface area contributed by atoms with Gasteiger partial charge in [-0.05, 0) is 43.7 Å². The highest BCUT2D eigenvalue weighted by Crippen LogP contribution is 2.37. The summed E-state index contributed by atoms with van der Waals surface area (Å²) >= 11 is 0. The van der Waals surface area contributed by atoms with Crippen LogP contribution in [-0.4, -0.2) is 24.8 Å². The van der Waals surface area contributed by atoms with Gasteiger partial charge in [-0.2, -0.15) is 0 Å². The molecule has 2 rings (SSSR count). The van der Waals surface area contributed by atoms with Gasteiger partial charge in [0.2, 0.25) is 0 Å². The SMILES string of the molecule is Cl.OCC1C[C@H]2CNC[C@H]2C1. The summed E-state index contributed by atoms with van der Waals surface area (Å²) in [5.41, 5.74) is 0. The summed E-state index contributed by atoms with van der Waals surface area (Å²) in [5, 5.41) is 12.3. The van der Waals surface area contributed by atoms with Gasteiger partial charge in [0.25, 0.3) is 0 Å². The summed E-state index contributed by atoms with van der Waals surface area (Å²) in [6.07, 6.45) is 2.52. The molecule has 2 fully saturated rings. The quantitative estimate of drug-likeness (QED) is 0.617. The molecule has 0 aromatic rings. The molecule has 2 nitrogen and oxygen atoms in total. The molecule has 0 spiro atoms. The molecule has 0 radical (unpaired) electrons. The van der Waals surface area contributed by atoms with Crippen molar-refractivity contribution in [3.8, 4) is 0 Å². The second-order valence-corrected chi connectivity index (χ2v) is 3.70. The molecule has 0 aromatic carbocycles. The Balaban J connectivity index is 0.000000605. The molecule has 1 saturated carbocycles. The summed E-state index contributed by atoms with van der Waals surface area (Å²) < 4.78 is 0. The minimum Gasteiger partial charge on any atom is -0.396 e. The normalized spacial score (nSPS) is 41.7. The van der Waals surface area contributed by atoms with Crippen LogP contribution in [0.4, 0.5) is 0 Å². The first-order valence-electron chi connectivity index (χ1n) is 4.21. The van der Waals surface area contributed by atoms with E-state index in [2.05, 4.69) is 5.32 Å². The number of fused-ring (bicyclic) bond motifs is 1. The van der Waals surface area contributed by atoms with Crippen LogP contribution >= 0.6 is 12.4 Å². The predicted molar refractivity (Wildman–Crippen MR) is 46.9 cm³/mol. The molecule has 1 heterocycles. The molecule has 1 aliphatic carbocycles. The number of hydrogen-bond acceptors (Lipinski definition) is 2. The van der Waals surface area contributed by atoms with Crippen molar-refractivity contribution < 1.29 is 5.11 Å². The van der Waals surface area contributed by atoms with Gasteiger partial charge in [0.15, 0.2) is 0 Å². The Morgan fingerprint density at radius 1 is 1.18 bits per heavy atom. The second kappa shape index (κ2) is 3.74. The van der Waals surface area contributed by atoms with Gasteiger partial charge in [-0.3, -0.25) is 0 Å². The average molecular weight is 178 g/mol. The maximum absolute atomic E-state index is 8.90. The fourth-order valence-electron chi connectivity index (χ4n) is 2.44. The second-order valence-electron chi connectivity index (χ2n) is 3.70. The first-order chi connectivity index (χ1) is 4.90. The van der Waals surface area contributed by atoms with Gasteiger partial charge in [0.1, 0.15) is 0 Å². The molecule has 0 amide bonds. The fraction of sp³-hybridized carbons (Fsp3) is 1.00. The van der Waals surface area contributed by atoms with E-state index in [4.69, 9.17) is 5.11 Å². The number of hydrogen-bond donors (Lipinski definition) is 2. The van der Waals surface area contributed by atoms with Gasteiger partial charge >= 0.3 is 0 Å². The van der Waals surface area contributed by atoms with E-state index in [1.54, 1.807) is 0 Å². The molecule has 1 unspecified atom stereocenters. The van der Waals surface area contributed by atoms with Gasteiger partial charge in [-0.25, -0.2) is 0 Å². The van der Waals surface area contributed by atoms with Crippen LogP contribution in [0.5, 0.6) is 0 Å². The summed E-state index contributed by atoms with van der Waals surface area (Å²) in [4.78, 5) is 0. The van der Waals surface area contributed by atoms with E-state index in [0.29, 0.717) is 12.5 Å². The fourth-order valence-corrected chi connectivity index (χ4v) is 2.44. The van der Waals surface area contributed by atoms with Gasteiger partial charge in [-0.1, -0.05) is 0 Å². The molecule has 1 saturated heterocycles. The van der Waals surface area contributed by atoms with Crippen molar-refractivity contribution in [3.05, 3.63) is 0 Å². The van der Waals surface area contributed by atoms with Crippen molar-refractivity contribution in [1.29, 1.82) is 0 Å². The largest absolute Gasteiger partial charge is 0.396 e. The standard InChI is InChI=1S/C8H15NO.ClH/c10-5-6-1-7-3-9-4-8(7)2-6;/h6-10H,1-5H2;1H/t6?,7-,8+;. The van der Waals surface area contributed by atoms with Gasteiger partial charge < -0.3 is 10.4 Å². The van der Waals surface area contributed by atoms with Crippen LogP contribution in [0, 0.1) is 17.8 Å². The van der Waals surface area contributed by atoms with Crippen molar-refractivity contribution in [3.63, 3.8) is 0 Å². The van der Waals surface area contributed by atoms with E-state index in [1.165, 1.54) is 25.9 Å². The van der Waals surface area contributed by atoms with Crippen LogP contribution in [0.25, 0.3) is 0 Å². The lowest BCUT2D eigenvalue weighted by molar-refractivity contribution is 0.223. The zero-order chi connectivity index (χ0) is 6.97. The molecule has 11 heavy (non-hydrogen) atoms. The molecular weight excluding hydrogens is 162 g/mol. The van der Waals surface area contributed by atoms with Crippen molar-refractivity contribution in [2.75, 3.05) is 19.7 Å². The zero-order valence-electron chi connectivity index (χ0n) is 6.62. The van der Waals surface area contributed by atoms with Crippen LogP contribution in [-0.2, 0) is 0 Å². The lowest BCUT2D eigenvalue weighted by atomic mass is 10.0. The van der Waals surface area contributed by atoms with Crippen LogP contribution in [0.2, 0.25) is 0 Å². The highest BCUT2D eigenvalue weighted by molar-refractivity contribution is 5.85. The lowest BCUT2D eigenvalue weighted by Gasteiger charge is -2.05. The third-order valence-corrected chi connectivity index (χ3v) is 3.01. The monoisotopic (exact) mass is 177 g/mol. The number of rotatable bonds is 1. The maximum Gasteiger partial charge on any atom is 0.0459 e. The Morgan fingerprint density at radius 3 is 2.18 bits per heavy atom. The number of aliphatic hydroxyl groups is 1. The van der Waals surface area contributed by atoms with E-state index >= 15 is 0 Å². The Bertz CT molecular complexity index is 119. The zero-order valence-corrected chi connectivity index (χ0v) is 7.44. The van der Waals surface area contributed by atoms with E-state index < -0.39 is 0 Å². The predicted octanol–water partition coefficient (Wildman–Crippen LogP) is 0.646. The molecule has 1 aliphatic heterocycles. The molecule has 66 valence electrons. The summed E-state index contributed by atoms with van der Waals surface area (Å²) in [5.74, 6) is 2.39. The number of nitrogens with one attached hydrogen (secondary N) is 1. The Kier molecular flexibility index (Phi) is 3.16. The van der Waals surface area contributed by atoms with Crippen molar-refractivity contribution in [2.45, 2.75) is 12.8 Å². The smallest absolute Gasteiger partial charge is 0.0459 e. The minimum absolute atomic E-state index is 0. The Hall–Kier alpha value is 0.210. The van der Waals surface area contributed by atoms with Crippen LogP contribution in [0.1, 0.15) is 12.8 Å². The average Bonchev–Trinajstić information content (AvgIpc) is 2.42. The molecule has 0 aromatic heterocycles. The van der Waals surface area contributed by atoms with E-state index in [0.717, 1.165) is 11.8 Å². The number of halogens is 1. The third-order valence-electron chi connectivity index (χ3n) is 3.01. The van der Waals surface area contributed by atoms with E-state index in [1.807, 2.05) is 0 Å². The number of aliphatic hydroxyl groups excluding tert-OH is 1. The summed E-state index contributed by atoms with van der Waals surface area (Å²) in [6.45, 7) is 2.80. The first-order valence-corrected chi connectivity index (χ1v) is 4.21. The maximum atomic E-state index is 8.90. The Labute approximate surface area is 73.8 Å². The highest BCUT2D eigenvalue weighted by atomic mass is 35.5. The van der Waals surface area contributed by atoms with Gasteiger partial charge in [0, 0.05) is 6.61 Å². The van der Waals surface area contributed by atoms with E-state index in [-0.39, 0.29) is 12.4 Å². The topological polar surface area (TPSA) is 32.3 Å². The molecule has 2 N–H and O–H groups in total. The third kappa shape index (κ3) is 1.68. The summed E-state index contributed by atoms with van der Waals surface area (Å²) in [7, 11) is 0. The molecule has 3 atom stereocenters. The van der Waals surface area contributed by atoms with Crippen molar-refractivity contribution >= 4 is 12.4 Å². The molecule has 0 bridgehead atoms. The van der Waals surface area contributed by atoms with E-state index in [9.17, 15) is 0 Å². The minimum atomic E-state index is 0. The van der Waals surface area contributed by atoms with Crippen LogP contribution in [0.3, 0.4) is 0 Å². The molecule has 3 heteroatoms. The molecular formula is C8H16ClNO. The van der Waals surface area contributed by atoms with Crippen LogP contribution < -0.4 is 5.32 Å². The molecule has 2 aliphatic rings. The Morgan fingerprint density at radius 2 is 1.73 bits per heavy atom. The highest BCUT2D eigenvalue weighted by Gasteiger charge is 2.36.